The van der Waals surface area contributed by atoms with Gasteiger partial charge in [0.25, 0.3) is 5.89 Å². The Hall–Kier alpha value is -3.88. The summed E-state index contributed by atoms with van der Waals surface area (Å²) < 4.78 is 77.6. The van der Waals surface area contributed by atoms with Gasteiger partial charge in [0, 0.05) is 36.6 Å². The zero-order valence-electron chi connectivity index (χ0n) is 18.2. The van der Waals surface area contributed by atoms with E-state index in [0.29, 0.717) is 19.5 Å². The fourth-order valence-corrected chi connectivity index (χ4v) is 3.31. The van der Waals surface area contributed by atoms with Crippen LogP contribution in [0.2, 0.25) is 0 Å². The van der Waals surface area contributed by atoms with E-state index in [0.717, 1.165) is 12.1 Å². The number of nitrogens with zero attached hydrogens (tertiary/aromatic N) is 3. The van der Waals surface area contributed by atoms with Crippen molar-refractivity contribution >= 4 is 11.9 Å². The minimum absolute atomic E-state index is 0.0994. The van der Waals surface area contributed by atoms with Gasteiger partial charge in [0.05, 0.1) is 18.3 Å². The van der Waals surface area contributed by atoms with Crippen molar-refractivity contribution in [3.63, 3.8) is 0 Å². The third kappa shape index (κ3) is 7.31. The number of amides is 1. The third-order valence-electron chi connectivity index (χ3n) is 4.94. The molecule has 3 aromatic rings. The molecular formula is C21H19F6N5O4. The maximum atomic E-state index is 12.9. The van der Waals surface area contributed by atoms with Crippen molar-refractivity contribution in [3.05, 3.63) is 60.4 Å². The van der Waals surface area contributed by atoms with E-state index in [1.54, 1.807) is 6.20 Å². The van der Waals surface area contributed by atoms with Crippen LogP contribution in [0, 0.1) is 0 Å². The lowest BCUT2D eigenvalue weighted by Gasteiger charge is -2.11. The molecule has 0 unspecified atom stereocenters. The van der Waals surface area contributed by atoms with Crippen LogP contribution in [0.4, 0.5) is 26.3 Å². The summed E-state index contributed by atoms with van der Waals surface area (Å²) in [5, 5.41) is 17.4. The molecule has 0 spiro atoms. The van der Waals surface area contributed by atoms with Crippen molar-refractivity contribution in [3.8, 4) is 11.3 Å². The van der Waals surface area contributed by atoms with E-state index in [2.05, 4.69) is 20.7 Å². The smallest absolute Gasteiger partial charge is 0.475 e. The first-order valence-electron chi connectivity index (χ1n) is 10.3. The van der Waals surface area contributed by atoms with Gasteiger partial charge in [-0.3, -0.25) is 9.48 Å². The molecule has 36 heavy (non-hydrogen) atoms. The number of hydrogen-bond acceptors (Lipinski definition) is 6. The van der Waals surface area contributed by atoms with Crippen molar-refractivity contribution < 1.29 is 45.5 Å². The largest absolute Gasteiger partial charge is 0.490 e. The first-order valence-corrected chi connectivity index (χ1v) is 10.3. The molecule has 2 atom stereocenters. The number of alkyl halides is 6. The monoisotopic (exact) mass is 519 g/mol. The van der Waals surface area contributed by atoms with Gasteiger partial charge in [-0.05, 0) is 24.6 Å². The Morgan fingerprint density at radius 3 is 2.53 bits per heavy atom. The molecule has 1 amide bonds. The van der Waals surface area contributed by atoms with Crippen LogP contribution in [-0.4, -0.2) is 56.6 Å². The van der Waals surface area contributed by atoms with Gasteiger partial charge in [-0.2, -0.15) is 31.4 Å². The topological polar surface area (TPSA) is 122 Å². The van der Waals surface area contributed by atoms with Crippen LogP contribution in [0.15, 0.2) is 53.3 Å². The van der Waals surface area contributed by atoms with Gasteiger partial charge in [0.2, 0.25) is 0 Å². The highest BCUT2D eigenvalue weighted by Gasteiger charge is 2.38. The van der Waals surface area contributed by atoms with Crippen molar-refractivity contribution in [1.29, 1.82) is 0 Å². The second-order valence-electron chi connectivity index (χ2n) is 7.65. The van der Waals surface area contributed by atoms with Gasteiger partial charge in [-0.1, -0.05) is 12.1 Å². The molecule has 1 aliphatic rings. The number of carbonyl (C=O) groups is 2. The van der Waals surface area contributed by atoms with E-state index in [-0.39, 0.29) is 29.3 Å². The van der Waals surface area contributed by atoms with Gasteiger partial charge in [0.15, 0.2) is 5.76 Å². The highest BCUT2D eigenvalue weighted by atomic mass is 19.4. The number of carboxylic acid groups (broad SMARTS) is 1. The second kappa shape index (κ2) is 10.8. The summed E-state index contributed by atoms with van der Waals surface area (Å²) in [7, 11) is 0. The number of carbonyl (C=O) groups excluding carboxylic acids is 1. The van der Waals surface area contributed by atoms with Crippen LogP contribution >= 0.6 is 0 Å². The summed E-state index contributed by atoms with van der Waals surface area (Å²) in [4.78, 5) is 25.2. The van der Waals surface area contributed by atoms with Gasteiger partial charge < -0.3 is 20.2 Å². The van der Waals surface area contributed by atoms with Crippen LogP contribution in [0.5, 0.6) is 0 Å². The van der Waals surface area contributed by atoms with Crippen molar-refractivity contribution in [2.45, 2.75) is 37.4 Å². The Kier molecular flexibility index (Phi) is 8.02. The molecule has 0 aliphatic carbocycles. The second-order valence-corrected chi connectivity index (χ2v) is 7.65. The maximum Gasteiger partial charge on any atom is 0.490 e. The summed E-state index contributed by atoms with van der Waals surface area (Å²) >= 11 is 0. The zero-order valence-corrected chi connectivity index (χ0v) is 18.2. The Morgan fingerprint density at radius 1 is 1.19 bits per heavy atom. The molecule has 1 aliphatic heterocycles. The van der Waals surface area contributed by atoms with Crippen molar-refractivity contribution in [1.82, 2.24) is 25.4 Å². The molecule has 0 bridgehead atoms. The molecule has 1 saturated heterocycles. The van der Waals surface area contributed by atoms with Gasteiger partial charge in [0.1, 0.15) is 0 Å². The quantitative estimate of drug-likeness (QED) is 0.442. The van der Waals surface area contributed by atoms with E-state index in [1.165, 1.54) is 18.3 Å². The standard InChI is InChI=1S/C19H18F3N5O2.C2HF3O2/c20-19(21,22)13-4-1-3-12(7-13)16-10-24-18(29-16)17(28)26-14-8-15(23-9-14)11-27-6-2-5-25-27;3-2(4,5)1(6)7/h1-7,10,14-15,23H,8-9,11H2,(H,26,28);(H,6,7)/t14-,15+;/m1./s1. The minimum Gasteiger partial charge on any atom is -0.475 e. The van der Waals surface area contributed by atoms with Gasteiger partial charge in [-0.15, -0.1) is 0 Å². The molecule has 0 radical (unpaired) electrons. The summed E-state index contributed by atoms with van der Waals surface area (Å²) in [6.07, 6.45) is -4.00. The molecule has 0 saturated carbocycles. The number of oxazole rings is 1. The summed E-state index contributed by atoms with van der Waals surface area (Å²) in [5.74, 6) is -3.35. The van der Waals surface area contributed by atoms with Crippen LogP contribution in [0.3, 0.4) is 0 Å². The highest BCUT2D eigenvalue weighted by Crippen LogP contribution is 2.32. The van der Waals surface area contributed by atoms with Crippen LogP contribution in [-0.2, 0) is 17.5 Å². The predicted molar refractivity (Wildman–Crippen MR) is 111 cm³/mol. The molecule has 9 nitrogen and oxygen atoms in total. The first kappa shape index (κ1) is 26.7. The lowest BCUT2D eigenvalue weighted by molar-refractivity contribution is -0.192. The number of hydrogen-bond donors (Lipinski definition) is 3. The van der Waals surface area contributed by atoms with Gasteiger partial charge in [-0.25, -0.2) is 9.78 Å². The van der Waals surface area contributed by atoms with E-state index in [1.807, 2.05) is 16.9 Å². The average Bonchev–Trinajstić information content (AvgIpc) is 3.56. The molecule has 4 rings (SSSR count). The number of benzene rings is 1. The summed E-state index contributed by atoms with van der Waals surface area (Å²) in [5.41, 5.74) is -0.592. The Morgan fingerprint density at radius 2 is 1.92 bits per heavy atom. The first-order chi connectivity index (χ1) is 16.8. The molecule has 2 aromatic heterocycles. The number of rotatable bonds is 5. The van der Waals surface area contributed by atoms with Crippen LogP contribution < -0.4 is 10.6 Å². The van der Waals surface area contributed by atoms with Crippen LogP contribution in [0.1, 0.15) is 22.7 Å². The predicted octanol–water partition coefficient (Wildman–Crippen LogP) is 3.35. The molecule has 1 fully saturated rings. The number of halogens is 6. The summed E-state index contributed by atoms with van der Waals surface area (Å²) in [6.45, 7) is 1.29. The Balaban J connectivity index is 0.000000454. The molecular weight excluding hydrogens is 500 g/mol. The van der Waals surface area contributed by atoms with Crippen LogP contribution in [0.25, 0.3) is 11.3 Å². The molecule has 3 N–H and O–H groups in total. The molecule has 194 valence electrons. The molecule has 1 aromatic carbocycles. The fraction of sp³-hybridized carbons (Fsp3) is 0.333. The molecule has 15 heteroatoms. The summed E-state index contributed by atoms with van der Waals surface area (Å²) in [6, 6.07) is 6.60. The van der Waals surface area contributed by atoms with Crippen molar-refractivity contribution in [2.24, 2.45) is 0 Å². The normalized spacial score (nSPS) is 17.8. The lowest BCUT2D eigenvalue weighted by Crippen LogP contribution is -2.36. The molecule has 3 heterocycles. The number of nitrogens with one attached hydrogen (secondary N) is 2. The third-order valence-corrected chi connectivity index (χ3v) is 4.94. The Bertz CT molecular complexity index is 1180. The highest BCUT2D eigenvalue weighted by molar-refractivity contribution is 5.90. The van der Waals surface area contributed by atoms with E-state index >= 15 is 0 Å². The Labute approximate surface area is 199 Å². The lowest BCUT2D eigenvalue weighted by atomic mass is 10.1. The minimum atomic E-state index is -5.08. The number of aromatic nitrogens is 3. The number of carboxylic acids is 1. The average molecular weight is 519 g/mol. The van der Waals surface area contributed by atoms with E-state index in [9.17, 15) is 31.1 Å². The zero-order chi connectivity index (χ0) is 26.5. The fourth-order valence-electron chi connectivity index (χ4n) is 3.31. The SMILES string of the molecule is O=C(N[C@H]1CN[C@H](Cn2cccn2)C1)c1ncc(-c2cccc(C(F)(F)F)c2)o1.O=C(O)C(F)(F)F. The number of aliphatic carboxylic acids is 1. The van der Waals surface area contributed by atoms with Gasteiger partial charge >= 0.3 is 24.2 Å². The maximum absolute atomic E-state index is 12.9. The van der Waals surface area contributed by atoms with E-state index in [4.69, 9.17) is 14.3 Å². The van der Waals surface area contributed by atoms with E-state index < -0.39 is 29.8 Å². The van der Waals surface area contributed by atoms with Crippen molar-refractivity contribution in [2.75, 3.05) is 6.54 Å².